The number of carbonyl (C=O) groups is 1. The van der Waals surface area contributed by atoms with Crippen molar-refractivity contribution in [3.8, 4) is 0 Å². The van der Waals surface area contributed by atoms with Crippen molar-refractivity contribution in [2.24, 2.45) is 7.05 Å². The van der Waals surface area contributed by atoms with E-state index in [0.29, 0.717) is 11.9 Å². The molecule has 0 aliphatic carbocycles. The lowest BCUT2D eigenvalue weighted by molar-refractivity contribution is -0.125. The summed E-state index contributed by atoms with van der Waals surface area (Å²) < 4.78 is 3.24. The van der Waals surface area contributed by atoms with Gasteiger partial charge in [-0.1, -0.05) is 62.4 Å². The quantitative estimate of drug-likeness (QED) is 0.413. The third-order valence-corrected chi connectivity index (χ3v) is 6.47. The van der Waals surface area contributed by atoms with Gasteiger partial charge in [0.1, 0.15) is 11.6 Å². The summed E-state index contributed by atoms with van der Waals surface area (Å²) in [6, 6.07) is 17.7. The predicted molar refractivity (Wildman–Crippen MR) is 137 cm³/mol. The van der Waals surface area contributed by atoms with Crippen molar-refractivity contribution >= 4 is 27.7 Å². The lowest BCUT2D eigenvalue weighted by Gasteiger charge is -2.27. The molecule has 34 heavy (non-hydrogen) atoms. The second kappa shape index (κ2) is 10.2. The Bertz CT molecular complexity index is 1340. The number of hydrogen-bond donors (Lipinski definition) is 1. The van der Waals surface area contributed by atoms with Gasteiger partial charge in [-0.05, 0) is 31.5 Å². The zero-order valence-electron chi connectivity index (χ0n) is 20.4. The standard InChI is InChI=1S/C27H33N5O2/c1-5-20(18-30(3)17-19-12-8-7-9-13-19)29-26(33)23(6-2)32-24-15-11-10-14-21(24)22-16-28-31(4)27(34)25(22)32/h7-16,20,23H,5-6,17-18H2,1-4H3,(H,29,33)/t20-,23+/m0/s1. The van der Waals surface area contributed by atoms with Gasteiger partial charge in [0.15, 0.2) is 0 Å². The van der Waals surface area contributed by atoms with Gasteiger partial charge in [-0.15, -0.1) is 0 Å². The van der Waals surface area contributed by atoms with Gasteiger partial charge in [0, 0.05) is 37.0 Å². The molecule has 2 atom stereocenters. The molecular weight excluding hydrogens is 426 g/mol. The lowest BCUT2D eigenvalue weighted by atomic mass is 10.1. The van der Waals surface area contributed by atoms with E-state index in [1.165, 1.54) is 10.2 Å². The molecule has 0 radical (unpaired) electrons. The predicted octanol–water partition coefficient (Wildman–Crippen LogP) is 3.87. The highest BCUT2D eigenvalue weighted by Gasteiger charge is 2.27. The van der Waals surface area contributed by atoms with Crippen LogP contribution in [0.3, 0.4) is 0 Å². The summed E-state index contributed by atoms with van der Waals surface area (Å²) in [6.07, 6.45) is 3.11. The van der Waals surface area contributed by atoms with Crippen LogP contribution in [0.1, 0.15) is 38.3 Å². The van der Waals surface area contributed by atoms with Gasteiger partial charge in [-0.2, -0.15) is 5.10 Å². The number of aromatic nitrogens is 3. The largest absolute Gasteiger partial charge is 0.350 e. The van der Waals surface area contributed by atoms with Crippen molar-refractivity contribution in [1.82, 2.24) is 24.6 Å². The Hall–Kier alpha value is -3.45. The summed E-state index contributed by atoms with van der Waals surface area (Å²) >= 11 is 0. The first-order chi connectivity index (χ1) is 16.4. The molecule has 1 N–H and O–H groups in total. The van der Waals surface area contributed by atoms with Crippen molar-refractivity contribution in [1.29, 1.82) is 0 Å². The SMILES string of the molecule is CC[C@@H](CN(C)Cc1ccccc1)NC(=O)[C@@H](CC)n1c2ccccc2c2cnn(C)c(=O)c21. The summed E-state index contributed by atoms with van der Waals surface area (Å²) in [7, 11) is 3.71. The number of carbonyl (C=O) groups excluding carboxylic acids is 1. The van der Waals surface area contributed by atoms with E-state index in [1.807, 2.05) is 54.0 Å². The average Bonchev–Trinajstić information content (AvgIpc) is 3.17. The zero-order chi connectivity index (χ0) is 24.2. The summed E-state index contributed by atoms with van der Waals surface area (Å²) in [6.45, 7) is 5.63. The van der Waals surface area contributed by atoms with Crippen molar-refractivity contribution in [2.75, 3.05) is 13.6 Å². The molecule has 1 amide bonds. The number of likely N-dealkylation sites (N-methyl/N-ethyl adjacent to an activating group) is 1. The van der Waals surface area contributed by atoms with Crippen molar-refractivity contribution in [3.63, 3.8) is 0 Å². The van der Waals surface area contributed by atoms with Gasteiger partial charge in [0.05, 0.1) is 11.7 Å². The average molecular weight is 460 g/mol. The molecule has 0 saturated heterocycles. The molecule has 0 bridgehead atoms. The Morgan fingerprint density at radius 1 is 1.03 bits per heavy atom. The normalized spacial score (nSPS) is 13.4. The Balaban J connectivity index is 1.62. The van der Waals surface area contributed by atoms with E-state index in [1.54, 1.807) is 13.2 Å². The number of nitrogens with one attached hydrogen (secondary N) is 1. The van der Waals surface area contributed by atoms with Crippen LogP contribution in [-0.4, -0.2) is 44.8 Å². The molecule has 2 heterocycles. The molecule has 4 rings (SSSR count). The molecule has 4 aromatic rings. The molecule has 2 aromatic carbocycles. The number of nitrogens with zero attached hydrogens (tertiary/aromatic N) is 4. The van der Waals surface area contributed by atoms with E-state index in [2.05, 4.69) is 41.4 Å². The van der Waals surface area contributed by atoms with E-state index < -0.39 is 6.04 Å². The van der Waals surface area contributed by atoms with Gasteiger partial charge < -0.3 is 14.8 Å². The highest BCUT2D eigenvalue weighted by atomic mass is 16.2. The molecular formula is C27H33N5O2. The third kappa shape index (κ3) is 4.61. The maximum absolute atomic E-state index is 13.6. The Kier molecular flexibility index (Phi) is 7.12. The Morgan fingerprint density at radius 3 is 2.44 bits per heavy atom. The fraction of sp³-hybridized carbons (Fsp3) is 0.370. The fourth-order valence-corrected chi connectivity index (χ4v) is 4.71. The van der Waals surface area contributed by atoms with Crippen LogP contribution in [0.2, 0.25) is 0 Å². The zero-order valence-corrected chi connectivity index (χ0v) is 20.4. The molecule has 178 valence electrons. The van der Waals surface area contributed by atoms with Gasteiger partial charge in [0.25, 0.3) is 5.56 Å². The van der Waals surface area contributed by atoms with Crippen LogP contribution in [0, 0.1) is 0 Å². The monoisotopic (exact) mass is 459 g/mol. The molecule has 0 aliphatic rings. The van der Waals surface area contributed by atoms with Crippen LogP contribution in [0.5, 0.6) is 0 Å². The summed E-state index contributed by atoms with van der Waals surface area (Å²) in [5.41, 5.74) is 2.44. The van der Waals surface area contributed by atoms with Crippen LogP contribution >= 0.6 is 0 Å². The minimum atomic E-state index is -0.494. The van der Waals surface area contributed by atoms with Crippen molar-refractivity contribution < 1.29 is 4.79 Å². The first kappa shape index (κ1) is 23.7. The van der Waals surface area contributed by atoms with E-state index in [4.69, 9.17) is 0 Å². The number of fused-ring (bicyclic) bond motifs is 3. The van der Waals surface area contributed by atoms with Gasteiger partial charge in [-0.25, -0.2) is 4.68 Å². The highest BCUT2D eigenvalue weighted by Crippen LogP contribution is 2.30. The molecule has 0 saturated carbocycles. The summed E-state index contributed by atoms with van der Waals surface area (Å²) in [5.74, 6) is -0.0658. The second-order valence-electron chi connectivity index (χ2n) is 8.94. The number of benzene rings is 2. The summed E-state index contributed by atoms with van der Waals surface area (Å²) in [5, 5.41) is 9.19. The number of rotatable bonds is 9. The van der Waals surface area contributed by atoms with Crippen molar-refractivity contribution in [2.45, 2.75) is 45.3 Å². The van der Waals surface area contributed by atoms with Crippen LogP contribution < -0.4 is 10.9 Å². The first-order valence-corrected chi connectivity index (χ1v) is 11.9. The number of aryl methyl sites for hydroxylation is 1. The van der Waals surface area contributed by atoms with Crippen LogP contribution in [-0.2, 0) is 18.4 Å². The van der Waals surface area contributed by atoms with Gasteiger partial charge in [0.2, 0.25) is 5.91 Å². The third-order valence-electron chi connectivity index (χ3n) is 6.47. The molecule has 0 fully saturated rings. The molecule has 7 nitrogen and oxygen atoms in total. The van der Waals surface area contributed by atoms with E-state index >= 15 is 0 Å². The first-order valence-electron chi connectivity index (χ1n) is 11.9. The topological polar surface area (TPSA) is 72.2 Å². The van der Waals surface area contributed by atoms with Crippen molar-refractivity contribution in [3.05, 3.63) is 76.7 Å². The van der Waals surface area contributed by atoms with E-state index in [0.717, 1.165) is 35.8 Å². The fourth-order valence-electron chi connectivity index (χ4n) is 4.71. The molecule has 0 aliphatic heterocycles. The van der Waals surface area contributed by atoms with Gasteiger partial charge in [-0.3, -0.25) is 9.59 Å². The Morgan fingerprint density at radius 2 is 1.74 bits per heavy atom. The molecule has 7 heteroatoms. The maximum atomic E-state index is 13.6. The van der Waals surface area contributed by atoms with Crippen LogP contribution in [0.15, 0.2) is 65.6 Å². The van der Waals surface area contributed by atoms with E-state index in [-0.39, 0.29) is 17.5 Å². The number of hydrogen-bond acceptors (Lipinski definition) is 4. The minimum Gasteiger partial charge on any atom is -0.350 e. The van der Waals surface area contributed by atoms with Crippen LogP contribution in [0.25, 0.3) is 21.8 Å². The van der Waals surface area contributed by atoms with Gasteiger partial charge >= 0.3 is 0 Å². The number of amides is 1. The Labute approximate surface area is 200 Å². The minimum absolute atomic E-state index is 0.00727. The van der Waals surface area contributed by atoms with Crippen LogP contribution in [0.4, 0.5) is 0 Å². The molecule has 0 unspecified atom stereocenters. The maximum Gasteiger partial charge on any atom is 0.291 e. The highest BCUT2D eigenvalue weighted by molar-refractivity contribution is 6.08. The number of para-hydroxylation sites is 1. The lowest BCUT2D eigenvalue weighted by Crippen LogP contribution is -2.45. The smallest absolute Gasteiger partial charge is 0.291 e. The summed E-state index contributed by atoms with van der Waals surface area (Å²) in [4.78, 5) is 28.9. The van der Waals surface area contributed by atoms with E-state index in [9.17, 15) is 9.59 Å². The second-order valence-corrected chi connectivity index (χ2v) is 8.94. The molecule has 0 spiro atoms. The molecule has 2 aromatic heterocycles.